The fourth-order valence-corrected chi connectivity index (χ4v) is 4.15. The summed E-state index contributed by atoms with van der Waals surface area (Å²) in [5, 5.41) is 4.27. The molecule has 0 aliphatic rings. The quantitative estimate of drug-likeness (QED) is 0.235. The van der Waals surface area contributed by atoms with Crippen LogP contribution in [0.3, 0.4) is 0 Å². The van der Waals surface area contributed by atoms with E-state index in [4.69, 9.17) is 0 Å². The molecule has 0 spiro atoms. The molecule has 1 N–H and O–H groups in total. The minimum atomic E-state index is -3.07. The van der Waals surface area contributed by atoms with Gasteiger partial charge in [0.25, 0.3) is 5.92 Å². The third-order valence-corrected chi connectivity index (χ3v) is 6.03. The molecule has 5 aromatic rings. The van der Waals surface area contributed by atoms with E-state index >= 15 is 4.39 Å². The third kappa shape index (κ3) is 5.31. The number of nitrogens with zero attached hydrogens (tertiary/aromatic N) is 4. The van der Waals surface area contributed by atoms with Crippen LogP contribution in [-0.2, 0) is 23.6 Å². The summed E-state index contributed by atoms with van der Waals surface area (Å²) in [6.45, 7) is -2.00. The van der Waals surface area contributed by atoms with Crippen LogP contribution in [0.1, 0.15) is 30.2 Å². The molecule has 4 heterocycles. The van der Waals surface area contributed by atoms with Gasteiger partial charge in [-0.1, -0.05) is 12.1 Å². The van der Waals surface area contributed by atoms with Crippen molar-refractivity contribution in [2.24, 2.45) is 0 Å². The fourth-order valence-electron chi connectivity index (χ4n) is 4.15. The molecule has 11 heteroatoms. The maximum absolute atomic E-state index is 15.0. The summed E-state index contributed by atoms with van der Waals surface area (Å²) in [6.07, 6.45) is 6.24. The first-order chi connectivity index (χ1) is 18.1. The zero-order chi connectivity index (χ0) is 27.0. The van der Waals surface area contributed by atoms with Crippen molar-refractivity contribution in [3.63, 3.8) is 0 Å². The molecule has 0 aliphatic carbocycles. The van der Waals surface area contributed by atoms with Crippen molar-refractivity contribution < 1.29 is 26.7 Å². The minimum absolute atomic E-state index is 0.0747. The van der Waals surface area contributed by atoms with E-state index in [-0.39, 0.29) is 29.8 Å². The van der Waals surface area contributed by atoms with E-state index in [2.05, 4.69) is 20.1 Å². The number of carbonyl (C=O) groups is 1. The third-order valence-electron chi connectivity index (χ3n) is 6.03. The molecular weight excluding hydrogens is 505 g/mol. The Hall–Kier alpha value is -4.41. The number of hydrogen-bond donors (Lipinski definition) is 1. The molecule has 38 heavy (non-hydrogen) atoms. The normalized spacial score (nSPS) is 12.0. The lowest BCUT2D eigenvalue weighted by atomic mass is 9.99. The summed E-state index contributed by atoms with van der Waals surface area (Å²) in [5.41, 5.74) is 2.77. The number of aromatic nitrogens is 5. The van der Waals surface area contributed by atoms with Crippen molar-refractivity contribution in [1.29, 1.82) is 0 Å². The highest BCUT2D eigenvalue weighted by Gasteiger charge is 2.25. The number of alkyl halides is 4. The van der Waals surface area contributed by atoms with Crippen LogP contribution in [0, 0.1) is 5.82 Å². The first kappa shape index (κ1) is 25.2. The van der Waals surface area contributed by atoms with Crippen LogP contribution in [0.5, 0.6) is 0 Å². The molecule has 0 fully saturated rings. The number of nitrogens with one attached hydrogen (secondary N) is 1. The van der Waals surface area contributed by atoms with Crippen LogP contribution >= 0.6 is 0 Å². The summed E-state index contributed by atoms with van der Waals surface area (Å²) in [4.78, 5) is 23.6. The number of fused-ring (bicyclic) bond motifs is 1. The zero-order valence-electron chi connectivity index (χ0n) is 19.9. The van der Waals surface area contributed by atoms with E-state index in [0.717, 1.165) is 13.1 Å². The highest BCUT2D eigenvalue weighted by Crippen LogP contribution is 2.30. The fraction of sp³-hybridized carbons (Fsp3) is 0.185. The van der Waals surface area contributed by atoms with Gasteiger partial charge in [0, 0.05) is 72.2 Å². The van der Waals surface area contributed by atoms with Crippen LogP contribution in [0.25, 0.3) is 33.4 Å². The molecule has 0 atom stereocenters. The molecule has 0 bridgehead atoms. The van der Waals surface area contributed by atoms with Gasteiger partial charge in [-0.25, -0.2) is 22.8 Å². The van der Waals surface area contributed by atoms with Gasteiger partial charge in [-0.15, -0.1) is 0 Å². The van der Waals surface area contributed by atoms with Crippen LogP contribution in [0.4, 0.5) is 22.0 Å². The van der Waals surface area contributed by atoms with Gasteiger partial charge in [-0.05, 0) is 35.4 Å². The Kier molecular flexibility index (Phi) is 6.52. The smallest absolute Gasteiger partial charge is 0.333 e. The van der Waals surface area contributed by atoms with Crippen molar-refractivity contribution >= 4 is 16.8 Å². The molecular formula is C27H20F5N5O. The predicted molar refractivity (Wildman–Crippen MR) is 130 cm³/mol. The standard InChI is InChI=1S/C27H20F5N5O/c1-27(31,32)20-4-16(10-33-13-20)6-21(38)5-15-2-3-22(23(28)7-15)18-8-17-9-24(36-25(17)34-11-18)19-12-35-37(14-19)26(29)30/h2-4,7-14,26H,5-6H2,1H3,(H,34,36). The van der Waals surface area contributed by atoms with Crippen LogP contribution in [-0.4, -0.2) is 30.5 Å². The van der Waals surface area contributed by atoms with E-state index in [0.29, 0.717) is 43.7 Å². The van der Waals surface area contributed by atoms with Crippen molar-refractivity contribution in [1.82, 2.24) is 24.7 Å². The first-order valence-corrected chi connectivity index (χ1v) is 11.5. The van der Waals surface area contributed by atoms with Gasteiger partial charge in [0.05, 0.1) is 11.9 Å². The van der Waals surface area contributed by atoms with Crippen molar-refractivity contribution in [3.8, 4) is 22.4 Å². The van der Waals surface area contributed by atoms with Gasteiger partial charge in [0.2, 0.25) is 0 Å². The van der Waals surface area contributed by atoms with Crippen molar-refractivity contribution in [3.05, 3.63) is 89.9 Å². The number of benzene rings is 1. The molecule has 0 amide bonds. The lowest BCUT2D eigenvalue weighted by molar-refractivity contribution is -0.117. The average Bonchev–Trinajstić information content (AvgIpc) is 3.51. The number of aromatic amines is 1. The Balaban J connectivity index is 1.32. The number of rotatable bonds is 8. The number of carbonyl (C=O) groups excluding carboxylic acids is 1. The topological polar surface area (TPSA) is 76.5 Å². The van der Waals surface area contributed by atoms with Gasteiger partial charge in [-0.2, -0.15) is 13.9 Å². The maximum Gasteiger partial charge on any atom is 0.333 e. The number of halogens is 5. The summed E-state index contributed by atoms with van der Waals surface area (Å²) >= 11 is 0. The summed E-state index contributed by atoms with van der Waals surface area (Å²) in [5.74, 6) is -3.89. The Morgan fingerprint density at radius 2 is 1.79 bits per heavy atom. The van der Waals surface area contributed by atoms with E-state index in [9.17, 15) is 22.4 Å². The second kappa shape index (κ2) is 9.81. The minimum Gasteiger partial charge on any atom is -0.339 e. The monoisotopic (exact) mass is 525 g/mol. The Bertz CT molecular complexity index is 1640. The number of Topliss-reactive ketones (excluding diaryl/α,β-unsaturated/α-hetero) is 1. The molecule has 194 valence electrons. The number of hydrogen-bond acceptors (Lipinski definition) is 4. The molecule has 5 rings (SSSR count). The van der Waals surface area contributed by atoms with E-state index < -0.39 is 18.3 Å². The van der Waals surface area contributed by atoms with Gasteiger partial charge in [0.1, 0.15) is 17.2 Å². The zero-order valence-corrected chi connectivity index (χ0v) is 19.9. The molecule has 6 nitrogen and oxygen atoms in total. The maximum atomic E-state index is 15.0. The van der Waals surface area contributed by atoms with Crippen LogP contribution < -0.4 is 0 Å². The van der Waals surface area contributed by atoms with E-state index in [1.807, 2.05) is 0 Å². The Labute approximate surface area is 213 Å². The van der Waals surface area contributed by atoms with Gasteiger partial charge < -0.3 is 4.98 Å². The van der Waals surface area contributed by atoms with Gasteiger partial charge in [0.15, 0.2) is 0 Å². The highest BCUT2D eigenvalue weighted by molar-refractivity contribution is 5.87. The average molecular weight is 525 g/mol. The molecule has 0 saturated carbocycles. The van der Waals surface area contributed by atoms with E-state index in [1.165, 1.54) is 36.9 Å². The van der Waals surface area contributed by atoms with Crippen LogP contribution in [0.2, 0.25) is 0 Å². The van der Waals surface area contributed by atoms with Gasteiger partial charge >= 0.3 is 6.55 Å². The van der Waals surface area contributed by atoms with Crippen molar-refractivity contribution in [2.45, 2.75) is 32.2 Å². The SMILES string of the molecule is CC(F)(F)c1cncc(CC(=O)Cc2ccc(-c3cnc4[nH]c(-c5cnn(C(F)F)c5)cc4c3)c(F)c2)c1. The summed E-state index contributed by atoms with van der Waals surface area (Å²) < 4.78 is 68.3. The second-order valence-electron chi connectivity index (χ2n) is 9.01. The molecule has 1 aromatic carbocycles. The lowest BCUT2D eigenvalue weighted by Crippen LogP contribution is -2.11. The second-order valence-corrected chi connectivity index (χ2v) is 9.01. The number of pyridine rings is 2. The predicted octanol–water partition coefficient (Wildman–Crippen LogP) is 6.49. The lowest BCUT2D eigenvalue weighted by Gasteiger charge is -2.11. The molecule has 0 aliphatic heterocycles. The Morgan fingerprint density at radius 3 is 2.50 bits per heavy atom. The molecule has 0 unspecified atom stereocenters. The largest absolute Gasteiger partial charge is 0.339 e. The van der Waals surface area contributed by atoms with Crippen LogP contribution in [0.15, 0.2) is 67.4 Å². The van der Waals surface area contributed by atoms with Crippen molar-refractivity contribution in [2.75, 3.05) is 0 Å². The Morgan fingerprint density at radius 1 is 1.00 bits per heavy atom. The first-order valence-electron chi connectivity index (χ1n) is 11.5. The van der Waals surface area contributed by atoms with Gasteiger partial charge in [-0.3, -0.25) is 9.78 Å². The number of H-pyrrole nitrogens is 1. The van der Waals surface area contributed by atoms with E-state index in [1.54, 1.807) is 24.3 Å². The summed E-state index contributed by atoms with van der Waals surface area (Å²) in [7, 11) is 0. The summed E-state index contributed by atoms with van der Waals surface area (Å²) in [6, 6.07) is 9.09. The molecule has 4 aromatic heterocycles. The highest BCUT2D eigenvalue weighted by atomic mass is 19.3. The molecule has 0 saturated heterocycles. The molecule has 0 radical (unpaired) electrons. The number of ketones is 1.